The number of carbonyl (C=O) groups is 1. The molecule has 0 fully saturated rings. The van der Waals surface area contributed by atoms with Crippen LogP contribution < -0.4 is 10.2 Å². The second kappa shape index (κ2) is 10.6. The number of hydrogen-bond acceptors (Lipinski definition) is 5. The van der Waals surface area contributed by atoms with Gasteiger partial charge in [-0.15, -0.1) is 0 Å². The normalized spacial score (nSPS) is 15.9. The second-order valence-corrected chi connectivity index (χ2v) is 8.70. The summed E-state index contributed by atoms with van der Waals surface area (Å²) in [5, 5.41) is 8.97. The molecule has 0 saturated heterocycles. The summed E-state index contributed by atoms with van der Waals surface area (Å²) in [5.41, 5.74) is 4.08. The van der Waals surface area contributed by atoms with Crippen molar-refractivity contribution in [2.75, 3.05) is 19.7 Å². The van der Waals surface area contributed by atoms with E-state index in [1.807, 2.05) is 30.3 Å². The Bertz CT molecular complexity index is 1010. The molecule has 0 saturated carbocycles. The summed E-state index contributed by atoms with van der Waals surface area (Å²) in [5.74, 6) is -1.26. The SMILES string of the molecule is O=C(NO)[C@@H](COCc1ccccc1)NS(=O)(=O)N1CC=C(c2ccc(F)cc2)CC1. The lowest BCUT2D eigenvalue weighted by Crippen LogP contribution is -2.53. The molecule has 1 heterocycles. The molecular weight excluding hydrogens is 425 g/mol. The maximum absolute atomic E-state index is 13.1. The molecule has 1 aliphatic heterocycles. The van der Waals surface area contributed by atoms with Crippen molar-refractivity contribution in [1.82, 2.24) is 14.5 Å². The molecule has 10 heteroatoms. The fourth-order valence-electron chi connectivity index (χ4n) is 3.16. The van der Waals surface area contributed by atoms with Crippen molar-refractivity contribution in [2.24, 2.45) is 0 Å². The Morgan fingerprint density at radius 3 is 2.48 bits per heavy atom. The van der Waals surface area contributed by atoms with Gasteiger partial charge in [0.05, 0.1) is 13.2 Å². The molecule has 0 spiro atoms. The molecule has 0 unspecified atom stereocenters. The third-order valence-corrected chi connectivity index (χ3v) is 6.43. The maximum atomic E-state index is 13.1. The first-order chi connectivity index (χ1) is 14.9. The van der Waals surface area contributed by atoms with Gasteiger partial charge in [-0.05, 0) is 35.3 Å². The van der Waals surface area contributed by atoms with Crippen LogP contribution in [0.5, 0.6) is 0 Å². The van der Waals surface area contributed by atoms with Crippen LogP contribution >= 0.6 is 0 Å². The van der Waals surface area contributed by atoms with E-state index in [4.69, 9.17) is 9.94 Å². The van der Waals surface area contributed by atoms with Gasteiger partial charge < -0.3 is 4.74 Å². The summed E-state index contributed by atoms with van der Waals surface area (Å²) >= 11 is 0. The Labute approximate surface area is 180 Å². The van der Waals surface area contributed by atoms with E-state index in [-0.39, 0.29) is 32.1 Å². The van der Waals surface area contributed by atoms with Gasteiger partial charge in [-0.3, -0.25) is 10.0 Å². The molecule has 0 radical (unpaired) electrons. The second-order valence-electron chi connectivity index (χ2n) is 7.00. The number of rotatable bonds is 9. The minimum absolute atomic E-state index is 0.0976. The van der Waals surface area contributed by atoms with Crippen LogP contribution in [0.3, 0.4) is 0 Å². The van der Waals surface area contributed by atoms with Gasteiger partial charge in [-0.1, -0.05) is 48.5 Å². The fraction of sp³-hybridized carbons (Fsp3) is 0.286. The lowest BCUT2D eigenvalue weighted by molar-refractivity contribution is -0.132. The summed E-state index contributed by atoms with van der Waals surface area (Å²) in [7, 11) is -4.02. The summed E-state index contributed by atoms with van der Waals surface area (Å²) in [6.07, 6.45) is 2.19. The highest BCUT2D eigenvalue weighted by Gasteiger charge is 2.30. The van der Waals surface area contributed by atoms with E-state index >= 15 is 0 Å². The third kappa shape index (κ3) is 6.42. The fourth-order valence-corrected chi connectivity index (χ4v) is 4.45. The van der Waals surface area contributed by atoms with E-state index in [1.54, 1.807) is 18.2 Å². The van der Waals surface area contributed by atoms with Gasteiger partial charge in [0.1, 0.15) is 11.9 Å². The van der Waals surface area contributed by atoms with Crippen molar-refractivity contribution in [1.29, 1.82) is 0 Å². The molecule has 31 heavy (non-hydrogen) atoms. The quantitative estimate of drug-likeness (QED) is 0.400. The molecule has 8 nitrogen and oxygen atoms in total. The van der Waals surface area contributed by atoms with Crippen LogP contribution in [0.4, 0.5) is 4.39 Å². The first-order valence-corrected chi connectivity index (χ1v) is 11.1. The molecule has 0 bridgehead atoms. The van der Waals surface area contributed by atoms with Crippen molar-refractivity contribution >= 4 is 21.7 Å². The van der Waals surface area contributed by atoms with Crippen molar-refractivity contribution in [3.8, 4) is 0 Å². The average Bonchev–Trinajstić information content (AvgIpc) is 2.79. The van der Waals surface area contributed by atoms with Gasteiger partial charge in [0.25, 0.3) is 16.1 Å². The predicted octanol–water partition coefficient (Wildman–Crippen LogP) is 1.84. The maximum Gasteiger partial charge on any atom is 0.280 e. The van der Waals surface area contributed by atoms with Crippen LogP contribution in [-0.2, 0) is 26.3 Å². The van der Waals surface area contributed by atoms with Gasteiger partial charge in [0.15, 0.2) is 0 Å². The minimum Gasteiger partial charge on any atom is -0.375 e. The van der Waals surface area contributed by atoms with E-state index in [9.17, 15) is 17.6 Å². The highest BCUT2D eigenvalue weighted by molar-refractivity contribution is 7.87. The summed E-state index contributed by atoms with van der Waals surface area (Å²) in [6, 6.07) is 13.9. The first-order valence-electron chi connectivity index (χ1n) is 9.67. The topological polar surface area (TPSA) is 108 Å². The van der Waals surface area contributed by atoms with Crippen LogP contribution in [0.25, 0.3) is 5.57 Å². The highest BCUT2D eigenvalue weighted by Crippen LogP contribution is 2.23. The number of ether oxygens (including phenoxy) is 1. The highest BCUT2D eigenvalue weighted by atomic mass is 32.2. The van der Waals surface area contributed by atoms with Crippen LogP contribution in [-0.4, -0.2) is 49.6 Å². The number of hydrogen-bond donors (Lipinski definition) is 3. The molecule has 1 atom stereocenters. The zero-order valence-corrected chi connectivity index (χ0v) is 17.5. The van der Waals surface area contributed by atoms with E-state index in [2.05, 4.69) is 4.72 Å². The van der Waals surface area contributed by atoms with Crippen molar-refractivity contribution in [2.45, 2.75) is 19.1 Å². The molecule has 3 N–H and O–H groups in total. The smallest absolute Gasteiger partial charge is 0.280 e. The number of benzene rings is 2. The Kier molecular flexibility index (Phi) is 7.88. The largest absolute Gasteiger partial charge is 0.375 e. The summed E-state index contributed by atoms with van der Waals surface area (Å²) < 4.78 is 47.5. The van der Waals surface area contributed by atoms with Crippen molar-refractivity contribution < 1.29 is 27.5 Å². The first kappa shape index (κ1) is 23.0. The standard InChI is InChI=1S/C21H24FN3O5S/c22-19-8-6-17(7-9-19)18-10-12-25(13-11-18)31(28,29)24-20(21(26)23-27)15-30-14-16-4-2-1-3-5-16/h1-10,20,24,27H,11-15H2,(H,23,26)/t20-/m1/s1. The van der Waals surface area contributed by atoms with Crippen molar-refractivity contribution in [3.63, 3.8) is 0 Å². The molecule has 3 rings (SSSR count). The number of halogens is 1. The van der Waals surface area contributed by atoms with Crippen LogP contribution in [0, 0.1) is 5.82 Å². The number of hydroxylamine groups is 1. The number of nitrogens with zero attached hydrogens (tertiary/aromatic N) is 1. The van der Waals surface area contributed by atoms with E-state index in [1.165, 1.54) is 21.9 Å². The molecule has 2 aromatic rings. The monoisotopic (exact) mass is 449 g/mol. The van der Waals surface area contributed by atoms with Gasteiger partial charge in [0, 0.05) is 13.1 Å². The van der Waals surface area contributed by atoms with Gasteiger partial charge in [0.2, 0.25) is 0 Å². The lowest BCUT2D eigenvalue weighted by Gasteiger charge is -2.28. The van der Waals surface area contributed by atoms with Crippen LogP contribution in [0.1, 0.15) is 17.5 Å². The Hall–Kier alpha value is -2.63. The molecule has 166 valence electrons. The Morgan fingerprint density at radius 2 is 1.87 bits per heavy atom. The minimum atomic E-state index is -4.02. The van der Waals surface area contributed by atoms with Gasteiger partial charge >= 0.3 is 0 Å². The predicted molar refractivity (Wildman–Crippen MR) is 112 cm³/mol. The molecule has 1 amide bonds. The van der Waals surface area contributed by atoms with E-state index < -0.39 is 22.2 Å². The Morgan fingerprint density at radius 1 is 1.16 bits per heavy atom. The molecule has 0 aliphatic carbocycles. The third-order valence-electron chi connectivity index (χ3n) is 4.84. The molecule has 1 aliphatic rings. The number of carbonyl (C=O) groups excluding carboxylic acids is 1. The molecule has 0 aromatic heterocycles. The molecule has 2 aromatic carbocycles. The zero-order chi connectivity index (χ0) is 22.3. The summed E-state index contributed by atoms with van der Waals surface area (Å²) in [6.45, 7) is 0.216. The van der Waals surface area contributed by atoms with Crippen LogP contribution in [0.15, 0.2) is 60.7 Å². The average molecular weight is 450 g/mol. The molecular formula is C21H24FN3O5S. The lowest BCUT2D eigenvalue weighted by atomic mass is 10.0. The van der Waals surface area contributed by atoms with E-state index in [0.29, 0.717) is 6.42 Å². The number of amides is 1. The Balaban J connectivity index is 1.61. The van der Waals surface area contributed by atoms with Gasteiger partial charge in [-0.2, -0.15) is 17.4 Å². The number of nitrogens with one attached hydrogen (secondary N) is 2. The zero-order valence-electron chi connectivity index (χ0n) is 16.7. The van der Waals surface area contributed by atoms with Crippen molar-refractivity contribution in [3.05, 3.63) is 77.6 Å². The van der Waals surface area contributed by atoms with Gasteiger partial charge in [-0.25, -0.2) is 9.87 Å². The van der Waals surface area contributed by atoms with Crippen LogP contribution in [0.2, 0.25) is 0 Å². The summed E-state index contributed by atoms with van der Waals surface area (Å²) in [4.78, 5) is 12.0. The van der Waals surface area contributed by atoms with E-state index in [0.717, 1.165) is 16.7 Å².